The smallest absolute Gasteiger partial charge is 0.00987 e. The van der Waals surface area contributed by atoms with Crippen molar-refractivity contribution in [3.05, 3.63) is 155 Å². The minimum atomic E-state index is 1.21. The lowest BCUT2D eigenvalue weighted by Gasteiger charge is -2.11. The molecule has 0 aromatic heterocycles. The van der Waals surface area contributed by atoms with Crippen LogP contribution in [0.5, 0.6) is 0 Å². The third-order valence-electron chi connectivity index (χ3n) is 7.97. The van der Waals surface area contributed by atoms with Crippen molar-refractivity contribution in [3.63, 3.8) is 0 Å². The highest BCUT2D eigenvalue weighted by Crippen LogP contribution is 2.35. The largest absolute Gasteiger partial charge is 0.0587 e. The Labute approximate surface area is 235 Å². The number of hydrogen-bond donors (Lipinski definition) is 0. The molecule has 0 saturated carbocycles. The molecule has 0 amide bonds. The van der Waals surface area contributed by atoms with Gasteiger partial charge in [0.1, 0.15) is 0 Å². The van der Waals surface area contributed by atoms with E-state index in [9.17, 15) is 0 Å². The fourth-order valence-corrected chi connectivity index (χ4v) is 5.69. The first-order valence-electron chi connectivity index (χ1n) is 13.9. The molecule has 7 aromatic carbocycles. The Bertz CT molecular complexity index is 1930. The molecule has 7 rings (SSSR count). The van der Waals surface area contributed by atoms with Gasteiger partial charge in [0.2, 0.25) is 0 Å². The number of benzene rings is 7. The number of aryl methyl sites for hydroxylation is 2. The summed E-state index contributed by atoms with van der Waals surface area (Å²) >= 11 is 0. The molecule has 0 unspecified atom stereocenters. The van der Waals surface area contributed by atoms with Crippen LogP contribution in [0.1, 0.15) is 33.4 Å². The van der Waals surface area contributed by atoms with Gasteiger partial charge in [-0.15, -0.1) is 0 Å². The molecule has 0 heteroatoms. The standard InChI is InChI=1S/C40H30/c1-27-3-7-29(8-4-27)11-13-31-15-19-35-33(25-31)17-21-39-37(35)23-24-38-36-20-16-32(26-34(36)18-22-40(38)39)14-12-30-9-5-28(2)6-10-30/h3-26H,1-2H3/b13-11+,14-12+. The summed E-state index contributed by atoms with van der Waals surface area (Å²) in [6, 6.07) is 44.6. The first kappa shape index (κ1) is 24.1. The van der Waals surface area contributed by atoms with Gasteiger partial charge in [0.15, 0.2) is 0 Å². The van der Waals surface area contributed by atoms with Crippen molar-refractivity contribution in [2.75, 3.05) is 0 Å². The van der Waals surface area contributed by atoms with Crippen molar-refractivity contribution >= 4 is 67.4 Å². The Morgan fingerprint density at radius 2 is 0.600 bits per heavy atom. The van der Waals surface area contributed by atoms with E-state index in [1.165, 1.54) is 76.5 Å². The van der Waals surface area contributed by atoms with Gasteiger partial charge in [0.05, 0.1) is 0 Å². The van der Waals surface area contributed by atoms with E-state index in [4.69, 9.17) is 0 Å². The highest BCUT2D eigenvalue weighted by molar-refractivity contribution is 6.22. The van der Waals surface area contributed by atoms with E-state index >= 15 is 0 Å². The Kier molecular flexibility index (Phi) is 6.02. The van der Waals surface area contributed by atoms with Crippen LogP contribution in [-0.4, -0.2) is 0 Å². The summed E-state index contributed by atoms with van der Waals surface area (Å²) in [5.41, 5.74) is 7.43. The Morgan fingerprint density at radius 3 is 1.02 bits per heavy atom. The van der Waals surface area contributed by atoms with Crippen molar-refractivity contribution in [1.82, 2.24) is 0 Å². The summed E-state index contributed by atoms with van der Waals surface area (Å²) in [4.78, 5) is 0. The fraction of sp³-hybridized carbons (Fsp3) is 0.0500. The molecule has 0 atom stereocenters. The topological polar surface area (TPSA) is 0 Å². The summed E-state index contributed by atoms with van der Waals surface area (Å²) < 4.78 is 0. The van der Waals surface area contributed by atoms with Gasteiger partial charge in [0.25, 0.3) is 0 Å². The number of hydrogen-bond acceptors (Lipinski definition) is 0. The van der Waals surface area contributed by atoms with Crippen molar-refractivity contribution in [2.24, 2.45) is 0 Å². The minimum Gasteiger partial charge on any atom is -0.0587 e. The van der Waals surface area contributed by atoms with Gasteiger partial charge in [-0.25, -0.2) is 0 Å². The van der Waals surface area contributed by atoms with Gasteiger partial charge >= 0.3 is 0 Å². The molecule has 0 aliphatic carbocycles. The van der Waals surface area contributed by atoms with Crippen LogP contribution in [-0.2, 0) is 0 Å². The lowest BCUT2D eigenvalue weighted by molar-refractivity contribution is 1.46. The van der Waals surface area contributed by atoms with Crippen LogP contribution in [0.2, 0.25) is 0 Å². The average molecular weight is 511 g/mol. The average Bonchev–Trinajstić information content (AvgIpc) is 2.99. The monoisotopic (exact) mass is 510 g/mol. The van der Waals surface area contributed by atoms with Gasteiger partial charge in [-0.1, -0.05) is 145 Å². The normalized spacial score (nSPS) is 12.1. The summed E-state index contributed by atoms with van der Waals surface area (Å²) in [6.45, 7) is 4.24. The zero-order chi connectivity index (χ0) is 27.1. The fourth-order valence-electron chi connectivity index (χ4n) is 5.69. The highest BCUT2D eigenvalue weighted by Gasteiger charge is 2.08. The molecule has 190 valence electrons. The summed E-state index contributed by atoms with van der Waals surface area (Å²) in [5, 5.41) is 10.3. The maximum Gasteiger partial charge on any atom is -0.00987 e. The third-order valence-corrected chi connectivity index (χ3v) is 7.97. The number of fused-ring (bicyclic) bond motifs is 7. The SMILES string of the molecule is Cc1ccc(/C=C/c2ccc3c(ccc4c3ccc3c5ccc(/C=C/c6ccc(C)cc6)cc5ccc34)c2)cc1. The van der Waals surface area contributed by atoms with Crippen LogP contribution >= 0.6 is 0 Å². The maximum atomic E-state index is 2.30. The molecular formula is C40H30. The predicted molar refractivity (Wildman–Crippen MR) is 177 cm³/mol. The molecule has 40 heavy (non-hydrogen) atoms. The molecule has 0 heterocycles. The minimum absolute atomic E-state index is 1.21. The lowest BCUT2D eigenvalue weighted by atomic mass is 9.93. The van der Waals surface area contributed by atoms with Crippen LogP contribution < -0.4 is 0 Å². The first-order valence-corrected chi connectivity index (χ1v) is 13.9. The van der Waals surface area contributed by atoms with E-state index in [-0.39, 0.29) is 0 Å². The van der Waals surface area contributed by atoms with Crippen LogP contribution in [0.3, 0.4) is 0 Å². The van der Waals surface area contributed by atoms with Crippen LogP contribution in [0.15, 0.2) is 121 Å². The molecule has 0 nitrogen and oxygen atoms in total. The molecule has 0 aliphatic rings. The van der Waals surface area contributed by atoms with E-state index in [1.54, 1.807) is 0 Å². The Hall–Kier alpha value is -4.94. The third kappa shape index (κ3) is 4.59. The second kappa shape index (κ2) is 9.98. The van der Waals surface area contributed by atoms with Gasteiger partial charge in [-0.3, -0.25) is 0 Å². The van der Waals surface area contributed by atoms with Gasteiger partial charge in [0, 0.05) is 0 Å². The zero-order valence-electron chi connectivity index (χ0n) is 22.9. The van der Waals surface area contributed by atoms with Gasteiger partial charge in [-0.2, -0.15) is 0 Å². The van der Waals surface area contributed by atoms with Gasteiger partial charge < -0.3 is 0 Å². The van der Waals surface area contributed by atoms with Crippen molar-refractivity contribution in [1.29, 1.82) is 0 Å². The Morgan fingerprint density at radius 1 is 0.300 bits per heavy atom. The molecule has 0 saturated heterocycles. The van der Waals surface area contributed by atoms with Crippen molar-refractivity contribution < 1.29 is 0 Å². The molecule has 0 aliphatic heterocycles. The molecule has 0 fully saturated rings. The highest BCUT2D eigenvalue weighted by atomic mass is 14.1. The van der Waals surface area contributed by atoms with Crippen LogP contribution in [0.25, 0.3) is 67.4 Å². The van der Waals surface area contributed by atoms with Gasteiger partial charge in [-0.05, 0) is 91.3 Å². The predicted octanol–water partition coefficient (Wildman–Crippen LogP) is 11.3. The quantitative estimate of drug-likeness (QED) is 0.163. The summed E-state index contributed by atoms with van der Waals surface area (Å²) in [5.74, 6) is 0. The van der Waals surface area contributed by atoms with E-state index in [0.29, 0.717) is 0 Å². The second-order valence-corrected chi connectivity index (χ2v) is 10.8. The van der Waals surface area contributed by atoms with Crippen LogP contribution in [0, 0.1) is 13.8 Å². The molecule has 0 bridgehead atoms. The van der Waals surface area contributed by atoms with Crippen molar-refractivity contribution in [2.45, 2.75) is 13.8 Å². The molecule has 7 aromatic rings. The maximum absolute atomic E-state index is 2.30. The van der Waals surface area contributed by atoms with E-state index < -0.39 is 0 Å². The van der Waals surface area contributed by atoms with Crippen LogP contribution in [0.4, 0.5) is 0 Å². The molecular weight excluding hydrogens is 480 g/mol. The first-order chi connectivity index (χ1) is 19.6. The summed E-state index contributed by atoms with van der Waals surface area (Å²) in [7, 11) is 0. The lowest BCUT2D eigenvalue weighted by Crippen LogP contribution is -1.84. The molecule has 0 N–H and O–H groups in total. The van der Waals surface area contributed by atoms with E-state index in [0.717, 1.165) is 0 Å². The Balaban J connectivity index is 1.24. The molecule has 0 radical (unpaired) electrons. The summed E-state index contributed by atoms with van der Waals surface area (Å²) in [6.07, 6.45) is 8.77. The van der Waals surface area contributed by atoms with E-state index in [2.05, 4.69) is 159 Å². The molecule has 0 spiro atoms. The van der Waals surface area contributed by atoms with Crippen molar-refractivity contribution in [3.8, 4) is 0 Å². The zero-order valence-corrected chi connectivity index (χ0v) is 22.9. The second-order valence-electron chi connectivity index (χ2n) is 10.8. The van der Waals surface area contributed by atoms with E-state index in [1.807, 2.05) is 0 Å². The number of rotatable bonds is 4.